The lowest BCUT2D eigenvalue weighted by atomic mass is 10.1. The molecule has 4 aromatic heterocycles. The number of hydrogen-bond donors (Lipinski definition) is 1. The lowest BCUT2D eigenvalue weighted by Crippen LogP contribution is -2.16. The van der Waals surface area contributed by atoms with Crippen molar-refractivity contribution in [1.82, 2.24) is 24.8 Å². The topological polar surface area (TPSA) is 85.2 Å². The standard InChI is InChI=1S/C21H21N5O2/c27-21(14-4-1-2-5-14)28-11-8-15-12-17-16(7-10-22-20(17)25-15)18-13-24-26-19(18)6-3-9-23-26/h3,6-7,9-10,12-14H,1-2,4-5,8,11H2,(H,22,25). The van der Waals surface area contributed by atoms with Gasteiger partial charge in [-0.3, -0.25) is 4.79 Å². The minimum atomic E-state index is -0.0497. The van der Waals surface area contributed by atoms with E-state index in [9.17, 15) is 4.79 Å². The van der Waals surface area contributed by atoms with Gasteiger partial charge in [0.2, 0.25) is 0 Å². The Morgan fingerprint density at radius 3 is 2.96 bits per heavy atom. The molecule has 0 saturated heterocycles. The molecule has 0 radical (unpaired) electrons. The summed E-state index contributed by atoms with van der Waals surface area (Å²) in [6.07, 6.45) is 10.2. The number of esters is 1. The minimum Gasteiger partial charge on any atom is -0.465 e. The van der Waals surface area contributed by atoms with Gasteiger partial charge in [0, 0.05) is 35.5 Å². The molecule has 1 aliphatic rings. The van der Waals surface area contributed by atoms with Crippen molar-refractivity contribution in [2.45, 2.75) is 32.1 Å². The van der Waals surface area contributed by atoms with E-state index in [0.29, 0.717) is 13.0 Å². The fourth-order valence-corrected chi connectivity index (χ4v) is 4.03. The first-order valence-corrected chi connectivity index (χ1v) is 9.72. The number of carbonyl (C=O) groups excluding carboxylic acids is 1. The van der Waals surface area contributed by atoms with Crippen LogP contribution >= 0.6 is 0 Å². The number of rotatable bonds is 5. The van der Waals surface area contributed by atoms with E-state index in [4.69, 9.17) is 4.74 Å². The third kappa shape index (κ3) is 3.02. The Kier molecular flexibility index (Phi) is 4.27. The number of hydrogen-bond acceptors (Lipinski definition) is 5. The molecule has 4 heterocycles. The summed E-state index contributed by atoms with van der Waals surface area (Å²) < 4.78 is 7.11. The van der Waals surface area contributed by atoms with Crippen molar-refractivity contribution in [3.05, 3.63) is 48.5 Å². The van der Waals surface area contributed by atoms with Crippen molar-refractivity contribution in [3.63, 3.8) is 0 Å². The Morgan fingerprint density at radius 1 is 1.18 bits per heavy atom. The first kappa shape index (κ1) is 16.9. The molecule has 0 bridgehead atoms. The Morgan fingerprint density at radius 2 is 2.07 bits per heavy atom. The maximum Gasteiger partial charge on any atom is 0.308 e. The van der Waals surface area contributed by atoms with Crippen molar-refractivity contribution in [1.29, 1.82) is 0 Å². The smallest absolute Gasteiger partial charge is 0.308 e. The highest BCUT2D eigenvalue weighted by atomic mass is 16.5. The number of nitrogens with zero attached hydrogens (tertiary/aromatic N) is 4. The summed E-state index contributed by atoms with van der Waals surface area (Å²) in [6, 6.07) is 7.98. The summed E-state index contributed by atoms with van der Waals surface area (Å²) in [7, 11) is 0. The van der Waals surface area contributed by atoms with Crippen LogP contribution in [0.25, 0.3) is 27.7 Å². The predicted octanol–water partition coefficient (Wildman–Crippen LogP) is 3.55. The monoisotopic (exact) mass is 375 g/mol. The Balaban J connectivity index is 1.38. The number of aromatic amines is 1. The van der Waals surface area contributed by atoms with E-state index in [0.717, 1.165) is 59.1 Å². The molecule has 1 fully saturated rings. The maximum absolute atomic E-state index is 12.1. The Bertz CT molecular complexity index is 1140. The number of nitrogens with one attached hydrogen (secondary N) is 1. The van der Waals surface area contributed by atoms with E-state index in [1.165, 1.54) is 0 Å². The average molecular weight is 375 g/mol. The molecule has 1 aliphatic carbocycles. The summed E-state index contributed by atoms with van der Waals surface area (Å²) in [5.74, 6) is 0.0477. The molecule has 0 aliphatic heterocycles. The third-order valence-electron chi connectivity index (χ3n) is 5.49. The number of pyridine rings is 1. The molecule has 4 aromatic rings. The van der Waals surface area contributed by atoms with Crippen LogP contribution in [0.1, 0.15) is 31.4 Å². The number of carbonyl (C=O) groups is 1. The third-order valence-corrected chi connectivity index (χ3v) is 5.49. The SMILES string of the molecule is O=C(OCCc1cc2c(-c3cnn4ncccc34)ccnc2[nH]1)C1CCCC1. The zero-order valence-electron chi connectivity index (χ0n) is 15.5. The van der Waals surface area contributed by atoms with Gasteiger partial charge >= 0.3 is 5.97 Å². The zero-order chi connectivity index (χ0) is 18.9. The highest BCUT2D eigenvalue weighted by molar-refractivity contribution is 5.97. The molecule has 0 aromatic carbocycles. The van der Waals surface area contributed by atoms with Gasteiger partial charge in [-0.15, -0.1) is 0 Å². The summed E-state index contributed by atoms with van der Waals surface area (Å²) in [5, 5.41) is 9.59. The Hall–Kier alpha value is -3.22. The van der Waals surface area contributed by atoms with Crippen LogP contribution in [-0.2, 0) is 16.0 Å². The molecule has 0 spiro atoms. The van der Waals surface area contributed by atoms with Crippen LogP contribution in [0.3, 0.4) is 0 Å². The lowest BCUT2D eigenvalue weighted by Gasteiger charge is -2.08. The molecule has 0 atom stereocenters. The largest absolute Gasteiger partial charge is 0.465 e. The summed E-state index contributed by atoms with van der Waals surface area (Å²) >= 11 is 0. The van der Waals surface area contributed by atoms with Crippen LogP contribution < -0.4 is 0 Å². The fraction of sp³-hybridized carbons (Fsp3) is 0.333. The van der Waals surface area contributed by atoms with Crippen LogP contribution in [0.4, 0.5) is 0 Å². The van der Waals surface area contributed by atoms with Crippen molar-refractivity contribution < 1.29 is 9.53 Å². The molecule has 0 amide bonds. The van der Waals surface area contributed by atoms with Gasteiger partial charge in [-0.25, -0.2) is 4.98 Å². The predicted molar refractivity (Wildman–Crippen MR) is 105 cm³/mol. The lowest BCUT2D eigenvalue weighted by molar-refractivity contribution is -0.148. The van der Waals surface area contributed by atoms with Crippen LogP contribution in [-0.4, -0.2) is 37.4 Å². The number of ether oxygens (including phenoxy) is 1. The molecule has 142 valence electrons. The molecular formula is C21H21N5O2. The normalized spacial score (nSPS) is 14.9. The van der Waals surface area contributed by atoms with Crippen molar-refractivity contribution >= 4 is 22.5 Å². The van der Waals surface area contributed by atoms with Gasteiger partial charge in [0.15, 0.2) is 0 Å². The quantitative estimate of drug-likeness (QED) is 0.539. The average Bonchev–Trinajstić information content (AvgIpc) is 3.46. The first-order valence-electron chi connectivity index (χ1n) is 9.72. The van der Waals surface area contributed by atoms with E-state index in [1.807, 2.05) is 24.4 Å². The number of fused-ring (bicyclic) bond motifs is 2. The number of aromatic nitrogens is 5. The number of H-pyrrole nitrogens is 1. The van der Waals surface area contributed by atoms with Gasteiger partial charge in [-0.05, 0) is 42.7 Å². The van der Waals surface area contributed by atoms with Gasteiger partial charge < -0.3 is 9.72 Å². The Labute approximate surface area is 161 Å². The van der Waals surface area contributed by atoms with E-state index in [2.05, 4.69) is 26.2 Å². The molecule has 28 heavy (non-hydrogen) atoms. The summed E-state index contributed by atoms with van der Waals surface area (Å²) in [6.45, 7) is 0.387. The second-order valence-electron chi connectivity index (χ2n) is 7.27. The summed E-state index contributed by atoms with van der Waals surface area (Å²) in [5.41, 5.74) is 4.84. The fourth-order valence-electron chi connectivity index (χ4n) is 4.03. The van der Waals surface area contributed by atoms with E-state index >= 15 is 0 Å². The van der Waals surface area contributed by atoms with E-state index in [-0.39, 0.29) is 11.9 Å². The van der Waals surface area contributed by atoms with E-state index in [1.54, 1.807) is 17.0 Å². The van der Waals surface area contributed by atoms with Crippen LogP contribution in [0.2, 0.25) is 0 Å². The zero-order valence-corrected chi connectivity index (χ0v) is 15.5. The van der Waals surface area contributed by atoms with Crippen molar-refractivity contribution in [3.8, 4) is 11.1 Å². The van der Waals surface area contributed by atoms with Gasteiger partial charge in [-0.2, -0.15) is 14.8 Å². The molecule has 5 rings (SSSR count). The van der Waals surface area contributed by atoms with Crippen LogP contribution in [0.5, 0.6) is 0 Å². The highest BCUT2D eigenvalue weighted by Crippen LogP contribution is 2.31. The van der Waals surface area contributed by atoms with Gasteiger partial charge in [0.25, 0.3) is 0 Å². The van der Waals surface area contributed by atoms with Crippen LogP contribution in [0.15, 0.2) is 42.9 Å². The van der Waals surface area contributed by atoms with Crippen molar-refractivity contribution in [2.24, 2.45) is 5.92 Å². The second-order valence-corrected chi connectivity index (χ2v) is 7.27. The van der Waals surface area contributed by atoms with E-state index < -0.39 is 0 Å². The molecular weight excluding hydrogens is 354 g/mol. The van der Waals surface area contributed by atoms with Gasteiger partial charge in [-0.1, -0.05) is 12.8 Å². The maximum atomic E-state index is 12.1. The van der Waals surface area contributed by atoms with Gasteiger partial charge in [0.05, 0.1) is 24.2 Å². The molecule has 7 nitrogen and oxygen atoms in total. The second kappa shape index (κ2) is 7.07. The van der Waals surface area contributed by atoms with Crippen molar-refractivity contribution in [2.75, 3.05) is 6.61 Å². The molecule has 7 heteroatoms. The first-order chi connectivity index (χ1) is 13.8. The molecule has 1 saturated carbocycles. The summed E-state index contributed by atoms with van der Waals surface area (Å²) in [4.78, 5) is 19.9. The highest BCUT2D eigenvalue weighted by Gasteiger charge is 2.23. The molecule has 0 unspecified atom stereocenters. The molecule has 1 N–H and O–H groups in total. The van der Waals surface area contributed by atoms with Gasteiger partial charge in [0.1, 0.15) is 5.65 Å². The minimum absolute atomic E-state index is 0.0497. The van der Waals surface area contributed by atoms with Crippen LogP contribution in [0, 0.1) is 5.92 Å².